The third kappa shape index (κ3) is 6.12. The summed E-state index contributed by atoms with van der Waals surface area (Å²) >= 11 is 0. The van der Waals surface area contributed by atoms with E-state index in [1.165, 1.54) is 11.1 Å². The molecule has 0 saturated heterocycles. The van der Waals surface area contributed by atoms with E-state index in [0.29, 0.717) is 32.0 Å². The van der Waals surface area contributed by atoms with E-state index in [2.05, 4.69) is 66.2 Å². The largest absolute Gasteiger partial charge is 0.492 e. The van der Waals surface area contributed by atoms with Crippen LogP contribution in [0.2, 0.25) is 0 Å². The van der Waals surface area contributed by atoms with Crippen LogP contribution < -0.4 is 10.1 Å². The number of nitrogens with one attached hydrogen (secondary N) is 1. The zero-order chi connectivity index (χ0) is 26.3. The molecule has 5 heteroatoms. The van der Waals surface area contributed by atoms with Crippen molar-refractivity contribution in [2.24, 2.45) is 0 Å². The van der Waals surface area contributed by atoms with E-state index in [4.69, 9.17) is 9.72 Å². The predicted octanol–water partition coefficient (Wildman–Crippen LogP) is 6.76. The highest BCUT2D eigenvalue weighted by Gasteiger charge is 2.12. The van der Waals surface area contributed by atoms with Crippen molar-refractivity contribution >= 4 is 16.9 Å². The van der Waals surface area contributed by atoms with Crippen molar-refractivity contribution in [1.82, 2.24) is 14.9 Å². The summed E-state index contributed by atoms with van der Waals surface area (Å²) in [4.78, 5) is 17.6. The second-order valence-electron chi connectivity index (χ2n) is 9.76. The average molecular weight is 504 g/mol. The second kappa shape index (κ2) is 11.8. The molecule has 1 heterocycles. The maximum Gasteiger partial charge on any atom is 0.224 e. The molecule has 1 aromatic heterocycles. The molecule has 0 saturated carbocycles. The van der Waals surface area contributed by atoms with Gasteiger partial charge in [-0.3, -0.25) is 4.79 Å². The molecule has 0 bridgehead atoms. The van der Waals surface area contributed by atoms with Gasteiger partial charge in [-0.1, -0.05) is 92.7 Å². The third-order valence-electron chi connectivity index (χ3n) is 6.73. The number of carbonyl (C=O) groups is 1. The van der Waals surface area contributed by atoms with Crippen LogP contribution in [0.3, 0.4) is 0 Å². The van der Waals surface area contributed by atoms with E-state index >= 15 is 0 Å². The maximum absolute atomic E-state index is 12.8. The van der Waals surface area contributed by atoms with Crippen LogP contribution in [0.4, 0.5) is 0 Å². The normalized spacial score (nSPS) is 11.1. The number of para-hydroxylation sites is 2. The lowest BCUT2D eigenvalue weighted by atomic mass is 10.0. The minimum absolute atomic E-state index is 0.0300. The first-order valence-corrected chi connectivity index (χ1v) is 13.1. The van der Waals surface area contributed by atoms with Crippen molar-refractivity contribution in [3.05, 3.63) is 120 Å². The number of ether oxygens (including phenoxy) is 1. The number of imidazole rings is 1. The van der Waals surface area contributed by atoms with Gasteiger partial charge in [0.2, 0.25) is 5.91 Å². The molecule has 0 aliphatic heterocycles. The summed E-state index contributed by atoms with van der Waals surface area (Å²) in [5.41, 5.74) is 6.53. The number of aromatic nitrogens is 2. The SMILES string of the molecule is CC(C)c1ccc(OCCn2c(CNC(=O)Cc3ccc(-c4ccccc4)cc3)nc3ccccc32)cc1. The highest BCUT2D eigenvalue weighted by molar-refractivity contribution is 5.79. The standard InChI is InChI=1S/C33H33N3O2/c1-24(2)26-16-18-29(19-17-26)38-21-20-36-31-11-7-6-10-30(31)35-32(36)23-34-33(37)22-25-12-14-28(15-13-25)27-8-4-3-5-9-27/h3-19,24H,20-23H2,1-2H3,(H,34,37). The number of amides is 1. The number of benzene rings is 4. The third-order valence-corrected chi connectivity index (χ3v) is 6.73. The van der Waals surface area contributed by atoms with Crippen molar-refractivity contribution in [1.29, 1.82) is 0 Å². The molecule has 38 heavy (non-hydrogen) atoms. The van der Waals surface area contributed by atoms with Gasteiger partial charge in [-0.05, 0) is 52.4 Å². The maximum atomic E-state index is 12.8. The predicted molar refractivity (Wildman–Crippen MR) is 153 cm³/mol. The van der Waals surface area contributed by atoms with Gasteiger partial charge in [-0.15, -0.1) is 0 Å². The molecule has 0 aliphatic carbocycles. The van der Waals surface area contributed by atoms with Crippen molar-refractivity contribution in [3.63, 3.8) is 0 Å². The van der Waals surface area contributed by atoms with Crippen LogP contribution in [0.1, 0.15) is 36.7 Å². The first-order valence-electron chi connectivity index (χ1n) is 13.1. The van der Waals surface area contributed by atoms with E-state index in [1.54, 1.807) is 0 Å². The van der Waals surface area contributed by atoms with Crippen LogP contribution in [0.5, 0.6) is 5.75 Å². The summed E-state index contributed by atoms with van der Waals surface area (Å²) in [7, 11) is 0. The molecule has 0 unspecified atom stereocenters. The van der Waals surface area contributed by atoms with Gasteiger partial charge in [0.05, 0.1) is 30.5 Å². The number of hydrogen-bond donors (Lipinski definition) is 1. The summed E-state index contributed by atoms with van der Waals surface area (Å²) in [6, 6.07) is 34.7. The Hall–Kier alpha value is -4.38. The number of carbonyl (C=O) groups excluding carboxylic acids is 1. The van der Waals surface area contributed by atoms with Crippen LogP contribution in [0, 0.1) is 0 Å². The zero-order valence-electron chi connectivity index (χ0n) is 21.9. The smallest absolute Gasteiger partial charge is 0.224 e. The molecule has 192 valence electrons. The summed E-state index contributed by atoms with van der Waals surface area (Å²) in [6.45, 7) is 5.87. The quantitative estimate of drug-likeness (QED) is 0.229. The van der Waals surface area contributed by atoms with E-state index in [9.17, 15) is 4.79 Å². The molecule has 5 rings (SSSR count). The molecule has 0 atom stereocenters. The summed E-state index contributed by atoms with van der Waals surface area (Å²) in [6.07, 6.45) is 0.324. The Morgan fingerprint density at radius 3 is 2.26 bits per heavy atom. The Bertz CT molecular complexity index is 1490. The van der Waals surface area contributed by atoms with Gasteiger partial charge in [-0.25, -0.2) is 4.98 Å². The summed E-state index contributed by atoms with van der Waals surface area (Å²) < 4.78 is 8.16. The molecular weight excluding hydrogens is 470 g/mol. The summed E-state index contributed by atoms with van der Waals surface area (Å²) in [5.74, 6) is 2.13. The highest BCUT2D eigenvalue weighted by atomic mass is 16.5. The van der Waals surface area contributed by atoms with E-state index in [-0.39, 0.29) is 5.91 Å². The van der Waals surface area contributed by atoms with Crippen LogP contribution >= 0.6 is 0 Å². The van der Waals surface area contributed by atoms with Crippen LogP contribution in [-0.4, -0.2) is 22.1 Å². The summed E-state index contributed by atoms with van der Waals surface area (Å²) in [5, 5.41) is 3.06. The Balaban J connectivity index is 1.20. The molecule has 5 nitrogen and oxygen atoms in total. The molecule has 0 aliphatic rings. The minimum atomic E-state index is -0.0300. The van der Waals surface area contributed by atoms with Crippen molar-refractivity contribution in [3.8, 4) is 16.9 Å². The Labute approximate surface area is 224 Å². The van der Waals surface area contributed by atoms with E-state index in [0.717, 1.165) is 33.7 Å². The second-order valence-corrected chi connectivity index (χ2v) is 9.76. The van der Waals surface area contributed by atoms with Gasteiger partial charge in [-0.2, -0.15) is 0 Å². The fraction of sp³-hybridized carbons (Fsp3) is 0.212. The molecular formula is C33H33N3O2. The number of nitrogens with zero attached hydrogens (tertiary/aromatic N) is 2. The first kappa shape index (κ1) is 25.3. The van der Waals surface area contributed by atoms with Crippen LogP contribution in [0.25, 0.3) is 22.2 Å². The van der Waals surface area contributed by atoms with Crippen molar-refractivity contribution in [2.75, 3.05) is 6.61 Å². The lowest BCUT2D eigenvalue weighted by molar-refractivity contribution is -0.120. The fourth-order valence-corrected chi connectivity index (χ4v) is 4.58. The van der Waals surface area contributed by atoms with Gasteiger partial charge >= 0.3 is 0 Å². The Kier molecular flexibility index (Phi) is 7.84. The van der Waals surface area contributed by atoms with E-state index < -0.39 is 0 Å². The zero-order valence-corrected chi connectivity index (χ0v) is 21.9. The molecule has 4 aromatic carbocycles. The van der Waals surface area contributed by atoms with Gasteiger partial charge in [0, 0.05) is 0 Å². The lowest BCUT2D eigenvalue weighted by Crippen LogP contribution is -2.26. The molecule has 1 amide bonds. The van der Waals surface area contributed by atoms with Crippen LogP contribution in [-0.2, 0) is 24.3 Å². The van der Waals surface area contributed by atoms with Gasteiger partial charge < -0.3 is 14.6 Å². The number of rotatable bonds is 10. The molecule has 0 spiro atoms. The number of hydrogen-bond acceptors (Lipinski definition) is 3. The fourth-order valence-electron chi connectivity index (χ4n) is 4.58. The van der Waals surface area contributed by atoms with Gasteiger partial charge in [0.15, 0.2) is 0 Å². The topological polar surface area (TPSA) is 56.1 Å². The number of fused-ring (bicyclic) bond motifs is 1. The Morgan fingerprint density at radius 2 is 1.53 bits per heavy atom. The van der Waals surface area contributed by atoms with Gasteiger partial charge in [0.1, 0.15) is 18.2 Å². The van der Waals surface area contributed by atoms with Crippen LogP contribution in [0.15, 0.2) is 103 Å². The molecule has 5 aromatic rings. The average Bonchev–Trinajstić information content (AvgIpc) is 3.30. The highest BCUT2D eigenvalue weighted by Crippen LogP contribution is 2.21. The van der Waals surface area contributed by atoms with E-state index in [1.807, 2.05) is 60.7 Å². The lowest BCUT2D eigenvalue weighted by Gasteiger charge is -2.12. The molecule has 0 radical (unpaired) electrons. The van der Waals surface area contributed by atoms with Gasteiger partial charge in [0.25, 0.3) is 0 Å². The van der Waals surface area contributed by atoms with Crippen molar-refractivity contribution in [2.45, 2.75) is 39.3 Å². The molecule has 0 fully saturated rings. The first-order chi connectivity index (χ1) is 18.6. The van der Waals surface area contributed by atoms with Crippen molar-refractivity contribution < 1.29 is 9.53 Å². The Morgan fingerprint density at radius 1 is 0.842 bits per heavy atom. The minimum Gasteiger partial charge on any atom is -0.492 e. The molecule has 1 N–H and O–H groups in total. The monoisotopic (exact) mass is 503 g/mol.